The van der Waals surface area contributed by atoms with Crippen molar-refractivity contribution >= 4 is 0 Å². The monoisotopic (exact) mass is 253 g/mol. The second-order valence-electron chi connectivity index (χ2n) is 5.41. The van der Waals surface area contributed by atoms with Gasteiger partial charge in [0.05, 0.1) is 6.10 Å². The van der Waals surface area contributed by atoms with Gasteiger partial charge in [0.25, 0.3) is 0 Å². The molecule has 1 unspecified atom stereocenters. The van der Waals surface area contributed by atoms with Crippen LogP contribution in [0.15, 0.2) is 36.7 Å². The molecular weight excluding hydrogens is 234 g/mol. The lowest BCUT2D eigenvalue weighted by Gasteiger charge is -2.14. The third-order valence-electron chi connectivity index (χ3n) is 4.01. The summed E-state index contributed by atoms with van der Waals surface area (Å²) in [5.74, 6) is 0. The highest BCUT2D eigenvalue weighted by Crippen LogP contribution is 2.26. The minimum atomic E-state index is -0.442. The molecule has 1 aromatic carbocycles. The van der Waals surface area contributed by atoms with Crippen LogP contribution < -0.4 is 0 Å². The first-order valence-electron chi connectivity index (χ1n) is 6.93. The van der Waals surface area contributed by atoms with Crippen molar-refractivity contribution < 1.29 is 5.11 Å². The van der Waals surface area contributed by atoms with Crippen LogP contribution in [0.4, 0.5) is 0 Å². The van der Waals surface area contributed by atoms with E-state index in [-0.39, 0.29) is 0 Å². The number of nitrogens with zero attached hydrogens (tertiary/aromatic N) is 1. The summed E-state index contributed by atoms with van der Waals surface area (Å²) in [5.41, 5.74) is 6.21. The van der Waals surface area contributed by atoms with Gasteiger partial charge in [-0.2, -0.15) is 0 Å². The van der Waals surface area contributed by atoms with E-state index in [2.05, 4.69) is 23.2 Å². The van der Waals surface area contributed by atoms with Crippen molar-refractivity contribution in [3.8, 4) is 0 Å². The van der Waals surface area contributed by atoms with E-state index in [4.69, 9.17) is 0 Å². The number of hydrogen-bond acceptors (Lipinski definition) is 2. The van der Waals surface area contributed by atoms with Crippen molar-refractivity contribution in [2.45, 2.75) is 38.7 Å². The smallest absolute Gasteiger partial charge is 0.0834 e. The molecule has 98 valence electrons. The standard InChI is InChI=1S/C17H19NO/c1-12-11-18-8-7-16(12)17(19)10-13-5-6-14-3-2-4-15(14)9-13/h5-9,11,17,19H,2-4,10H2,1H3. The van der Waals surface area contributed by atoms with Gasteiger partial charge in [0.15, 0.2) is 0 Å². The highest BCUT2D eigenvalue weighted by atomic mass is 16.3. The van der Waals surface area contributed by atoms with Crippen molar-refractivity contribution in [2.24, 2.45) is 0 Å². The quantitative estimate of drug-likeness (QED) is 0.911. The summed E-state index contributed by atoms with van der Waals surface area (Å²) in [6.45, 7) is 1.99. The van der Waals surface area contributed by atoms with Gasteiger partial charge in [-0.1, -0.05) is 18.2 Å². The molecule has 0 saturated carbocycles. The van der Waals surface area contributed by atoms with Gasteiger partial charge < -0.3 is 5.11 Å². The molecule has 1 heterocycles. The van der Waals surface area contributed by atoms with E-state index >= 15 is 0 Å². The molecule has 3 rings (SSSR count). The zero-order valence-corrected chi connectivity index (χ0v) is 11.3. The van der Waals surface area contributed by atoms with Crippen LogP contribution in [0.2, 0.25) is 0 Å². The Morgan fingerprint density at radius 3 is 2.89 bits per heavy atom. The molecule has 0 aliphatic heterocycles. The molecular formula is C17H19NO. The SMILES string of the molecule is Cc1cnccc1C(O)Cc1ccc2c(c1)CCC2. The zero-order valence-electron chi connectivity index (χ0n) is 11.3. The van der Waals surface area contributed by atoms with E-state index in [1.165, 1.54) is 36.0 Å². The van der Waals surface area contributed by atoms with Crippen LogP contribution >= 0.6 is 0 Å². The Balaban J connectivity index is 1.80. The van der Waals surface area contributed by atoms with Gasteiger partial charge in [-0.15, -0.1) is 0 Å². The Morgan fingerprint density at radius 1 is 1.21 bits per heavy atom. The zero-order chi connectivity index (χ0) is 13.2. The normalized spacial score (nSPS) is 15.3. The average Bonchev–Trinajstić information content (AvgIpc) is 2.86. The lowest BCUT2D eigenvalue weighted by Crippen LogP contribution is -2.04. The van der Waals surface area contributed by atoms with Crippen LogP contribution in [0.25, 0.3) is 0 Å². The van der Waals surface area contributed by atoms with Crippen molar-refractivity contribution in [1.29, 1.82) is 0 Å². The number of rotatable bonds is 3. The number of pyridine rings is 1. The van der Waals surface area contributed by atoms with Crippen LogP contribution in [-0.4, -0.2) is 10.1 Å². The molecule has 1 aliphatic carbocycles. The lowest BCUT2D eigenvalue weighted by atomic mass is 9.97. The van der Waals surface area contributed by atoms with Crippen LogP contribution in [-0.2, 0) is 19.3 Å². The summed E-state index contributed by atoms with van der Waals surface area (Å²) in [7, 11) is 0. The molecule has 2 heteroatoms. The highest BCUT2D eigenvalue weighted by Gasteiger charge is 2.14. The summed E-state index contributed by atoms with van der Waals surface area (Å²) in [6, 6.07) is 8.56. The van der Waals surface area contributed by atoms with E-state index in [0.717, 1.165) is 11.1 Å². The molecule has 2 aromatic rings. The van der Waals surface area contributed by atoms with Crippen molar-refractivity contribution in [1.82, 2.24) is 4.98 Å². The molecule has 0 saturated heterocycles. The molecule has 2 nitrogen and oxygen atoms in total. The van der Waals surface area contributed by atoms with Crippen molar-refractivity contribution in [3.05, 3.63) is 64.5 Å². The first-order valence-corrected chi connectivity index (χ1v) is 6.93. The number of aromatic nitrogens is 1. The first-order chi connectivity index (χ1) is 9.24. The van der Waals surface area contributed by atoms with Gasteiger partial charge in [0.2, 0.25) is 0 Å². The number of aliphatic hydroxyl groups is 1. The van der Waals surface area contributed by atoms with E-state index in [0.29, 0.717) is 6.42 Å². The Kier molecular flexibility index (Phi) is 3.34. The third-order valence-corrected chi connectivity index (χ3v) is 4.01. The maximum atomic E-state index is 10.4. The molecule has 1 aromatic heterocycles. The number of benzene rings is 1. The number of aliphatic hydroxyl groups excluding tert-OH is 1. The van der Waals surface area contributed by atoms with Crippen molar-refractivity contribution in [3.63, 3.8) is 0 Å². The minimum Gasteiger partial charge on any atom is -0.388 e. The Labute approximate surface area is 114 Å². The van der Waals surface area contributed by atoms with Crippen LogP contribution in [0.5, 0.6) is 0 Å². The van der Waals surface area contributed by atoms with Gasteiger partial charge in [0, 0.05) is 18.8 Å². The fraction of sp³-hybridized carbons (Fsp3) is 0.353. The van der Waals surface area contributed by atoms with E-state index < -0.39 is 6.10 Å². The molecule has 1 atom stereocenters. The van der Waals surface area contributed by atoms with E-state index in [1.54, 1.807) is 12.4 Å². The third kappa shape index (κ3) is 2.54. The van der Waals surface area contributed by atoms with Gasteiger partial charge in [-0.05, 0) is 60.1 Å². The second kappa shape index (κ2) is 5.14. The minimum absolute atomic E-state index is 0.442. The summed E-state index contributed by atoms with van der Waals surface area (Å²) >= 11 is 0. The van der Waals surface area contributed by atoms with E-state index in [1.807, 2.05) is 13.0 Å². The fourth-order valence-electron chi connectivity index (χ4n) is 2.94. The molecule has 1 N–H and O–H groups in total. The Hall–Kier alpha value is -1.67. The van der Waals surface area contributed by atoms with Gasteiger partial charge in [0.1, 0.15) is 0 Å². The van der Waals surface area contributed by atoms with Crippen molar-refractivity contribution in [2.75, 3.05) is 0 Å². The Morgan fingerprint density at radius 2 is 2.05 bits per heavy atom. The van der Waals surface area contributed by atoms with E-state index in [9.17, 15) is 5.11 Å². The number of hydrogen-bond donors (Lipinski definition) is 1. The number of aryl methyl sites for hydroxylation is 3. The van der Waals surface area contributed by atoms with Gasteiger partial charge in [-0.25, -0.2) is 0 Å². The topological polar surface area (TPSA) is 33.1 Å². The Bertz CT molecular complexity index is 592. The fourth-order valence-corrected chi connectivity index (χ4v) is 2.94. The lowest BCUT2D eigenvalue weighted by molar-refractivity contribution is 0.177. The molecule has 0 amide bonds. The summed E-state index contributed by atoms with van der Waals surface area (Å²) in [6.07, 6.45) is 7.45. The molecule has 0 bridgehead atoms. The second-order valence-corrected chi connectivity index (χ2v) is 5.41. The van der Waals surface area contributed by atoms with Crippen LogP contribution in [0.1, 0.15) is 40.3 Å². The predicted octanol–water partition coefficient (Wildman–Crippen LogP) is 3.15. The summed E-state index contributed by atoms with van der Waals surface area (Å²) in [4.78, 5) is 4.07. The maximum Gasteiger partial charge on any atom is 0.0834 e. The van der Waals surface area contributed by atoms with Crippen LogP contribution in [0.3, 0.4) is 0 Å². The van der Waals surface area contributed by atoms with Crippen LogP contribution in [0, 0.1) is 6.92 Å². The maximum absolute atomic E-state index is 10.4. The largest absolute Gasteiger partial charge is 0.388 e. The number of fused-ring (bicyclic) bond motifs is 1. The molecule has 1 aliphatic rings. The molecule has 0 radical (unpaired) electrons. The average molecular weight is 253 g/mol. The molecule has 0 fully saturated rings. The van der Waals surface area contributed by atoms with Gasteiger partial charge in [-0.3, -0.25) is 4.98 Å². The predicted molar refractivity (Wildman–Crippen MR) is 76.1 cm³/mol. The molecule has 0 spiro atoms. The highest BCUT2D eigenvalue weighted by molar-refractivity contribution is 5.36. The first kappa shape index (κ1) is 12.4. The summed E-state index contributed by atoms with van der Waals surface area (Å²) in [5, 5.41) is 10.4. The van der Waals surface area contributed by atoms with Gasteiger partial charge >= 0.3 is 0 Å². The summed E-state index contributed by atoms with van der Waals surface area (Å²) < 4.78 is 0. The molecule has 19 heavy (non-hydrogen) atoms.